The van der Waals surface area contributed by atoms with Crippen LogP contribution < -0.4 is 0 Å². The SMILES string of the molecule is CC(C)OC(=O)c1ccc(S(C)(=O)=O)c([N+](=O)[O-])c1. The molecule has 8 heteroatoms. The molecule has 0 aromatic heterocycles. The minimum absolute atomic E-state index is 0.0622. The zero-order valence-corrected chi connectivity index (χ0v) is 11.4. The maximum absolute atomic E-state index is 11.6. The highest BCUT2D eigenvalue weighted by Gasteiger charge is 2.24. The topological polar surface area (TPSA) is 104 Å². The Morgan fingerprint density at radius 1 is 1.37 bits per heavy atom. The Labute approximate surface area is 110 Å². The molecule has 0 saturated carbocycles. The van der Waals surface area contributed by atoms with E-state index in [1.54, 1.807) is 13.8 Å². The molecule has 0 radical (unpaired) electrons. The minimum atomic E-state index is -3.74. The molecule has 0 amide bonds. The standard InChI is InChI=1S/C11H13NO6S/c1-7(2)18-11(13)8-4-5-10(19(3,16)17)9(6-8)12(14)15/h4-7H,1-3H3. The Kier molecular flexibility index (Phi) is 4.25. The molecule has 1 rings (SSSR count). The van der Waals surface area contributed by atoms with Crippen molar-refractivity contribution in [2.45, 2.75) is 24.8 Å². The van der Waals surface area contributed by atoms with Gasteiger partial charge in [0.25, 0.3) is 5.69 Å². The number of nitro benzene ring substituents is 1. The van der Waals surface area contributed by atoms with Crippen LogP contribution in [-0.2, 0) is 14.6 Å². The summed E-state index contributed by atoms with van der Waals surface area (Å²) in [6.07, 6.45) is 0.489. The highest BCUT2D eigenvalue weighted by molar-refractivity contribution is 7.90. The lowest BCUT2D eigenvalue weighted by Crippen LogP contribution is -2.12. The largest absolute Gasteiger partial charge is 0.459 e. The molecule has 0 N–H and O–H groups in total. The van der Waals surface area contributed by atoms with Gasteiger partial charge in [-0.1, -0.05) is 0 Å². The number of nitro groups is 1. The molecule has 0 saturated heterocycles. The summed E-state index contributed by atoms with van der Waals surface area (Å²) in [5.41, 5.74) is -0.700. The fourth-order valence-electron chi connectivity index (χ4n) is 1.38. The van der Waals surface area contributed by atoms with E-state index in [9.17, 15) is 23.3 Å². The highest BCUT2D eigenvalue weighted by Crippen LogP contribution is 2.25. The monoisotopic (exact) mass is 287 g/mol. The minimum Gasteiger partial charge on any atom is -0.459 e. The van der Waals surface area contributed by atoms with Crippen LogP contribution in [0.15, 0.2) is 23.1 Å². The first-order valence-corrected chi connectivity index (χ1v) is 7.21. The van der Waals surface area contributed by atoms with Gasteiger partial charge in [0.15, 0.2) is 9.84 Å². The summed E-state index contributed by atoms with van der Waals surface area (Å²) in [7, 11) is -3.74. The molecule has 0 unspecified atom stereocenters. The van der Waals surface area contributed by atoms with Crippen molar-refractivity contribution in [3.8, 4) is 0 Å². The molecule has 0 atom stereocenters. The van der Waals surface area contributed by atoms with E-state index in [0.29, 0.717) is 0 Å². The van der Waals surface area contributed by atoms with Crippen molar-refractivity contribution < 1.29 is 22.9 Å². The average molecular weight is 287 g/mol. The van der Waals surface area contributed by atoms with Crippen LogP contribution in [0, 0.1) is 10.1 Å². The van der Waals surface area contributed by atoms with Crippen molar-refractivity contribution in [2.75, 3.05) is 6.26 Å². The normalized spacial score (nSPS) is 11.4. The molecule has 7 nitrogen and oxygen atoms in total. The van der Waals surface area contributed by atoms with E-state index in [1.165, 1.54) is 6.07 Å². The van der Waals surface area contributed by atoms with Gasteiger partial charge < -0.3 is 4.74 Å². The van der Waals surface area contributed by atoms with Crippen molar-refractivity contribution in [1.82, 2.24) is 0 Å². The van der Waals surface area contributed by atoms with Crippen molar-refractivity contribution in [3.63, 3.8) is 0 Å². The van der Waals surface area contributed by atoms with Gasteiger partial charge in [-0.25, -0.2) is 13.2 Å². The lowest BCUT2D eigenvalue weighted by molar-refractivity contribution is -0.387. The van der Waals surface area contributed by atoms with Gasteiger partial charge in [-0.15, -0.1) is 0 Å². The summed E-state index contributed by atoms with van der Waals surface area (Å²) in [4.78, 5) is 21.2. The third-order valence-corrected chi connectivity index (χ3v) is 3.28. The van der Waals surface area contributed by atoms with Crippen molar-refractivity contribution in [3.05, 3.63) is 33.9 Å². The summed E-state index contributed by atoms with van der Waals surface area (Å²) in [5, 5.41) is 10.9. The second kappa shape index (κ2) is 5.35. The van der Waals surface area contributed by atoms with Gasteiger partial charge in [0.05, 0.1) is 16.6 Å². The summed E-state index contributed by atoms with van der Waals surface area (Å²) in [6, 6.07) is 3.12. The maximum atomic E-state index is 11.6. The molecule has 104 valence electrons. The first kappa shape index (κ1) is 15.1. The van der Waals surface area contributed by atoms with Crippen LogP contribution in [0.4, 0.5) is 5.69 Å². The van der Waals surface area contributed by atoms with Crippen LogP contribution in [0.2, 0.25) is 0 Å². The number of carbonyl (C=O) groups is 1. The summed E-state index contributed by atoms with van der Waals surface area (Å²) in [5.74, 6) is -0.738. The van der Waals surface area contributed by atoms with Crippen LogP contribution in [-0.4, -0.2) is 31.7 Å². The van der Waals surface area contributed by atoms with E-state index in [0.717, 1.165) is 18.4 Å². The molecule has 0 spiro atoms. The molecule has 0 aliphatic rings. The average Bonchev–Trinajstić information content (AvgIpc) is 2.25. The Morgan fingerprint density at radius 3 is 2.37 bits per heavy atom. The number of hydrogen-bond donors (Lipinski definition) is 0. The van der Waals surface area contributed by atoms with Gasteiger partial charge in [-0.2, -0.15) is 0 Å². The van der Waals surface area contributed by atoms with Gasteiger partial charge in [0.1, 0.15) is 4.90 Å². The zero-order valence-electron chi connectivity index (χ0n) is 10.6. The zero-order chi connectivity index (χ0) is 14.8. The van der Waals surface area contributed by atoms with Crippen LogP contribution in [0.25, 0.3) is 0 Å². The molecule has 0 bridgehead atoms. The molecular weight excluding hydrogens is 274 g/mol. The van der Waals surface area contributed by atoms with Gasteiger partial charge in [-0.05, 0) is 26.0 Å². The van der Waals surface area contributed by atoms with Crippen LogP contribution in [0.5, 0.6) is 0 Å². The smallest absolute Gasteiger partial charge is 0.338 e. The number of benzene rings is 1. The van der Waals surface area contributed by atoms with E-state index in [4.69, 9.17) is 4.74 Å². The molecule has 1 aromatic rings. The van der Waals surface area contributed by atoms with Gasteiger partial charge in [0.2, 0.25) is 0 Å². The summed E-state index contributed by atoms with van der Waals surface area (Å²) < 4.78 is 27.7. The van der Waals surface area contributed by atoms with E-state index in [-0.39, 0.29) is 11.7 Å². The van der Waals surface area contributed by atoms with Gasteiger partial charge in [-0.3, -0.25) is 10.1 Å². The Bertz CT molecular complexity index is 620. The number of rotatable bonds is 4. The van der Waals surface area contributed by atoms with Crippen LogP contribution in [0.1, 0.15) is 24.2 Å². The number of carbonyl (C=O) groups excluding carboxylic acids is 1. The predicted molar refractivity (Wildman–Crippen MR) is 66.8 cm³/mol. The first-order chi connectivity index (χ1) is 8.62. The fourth-order valence-corrected chi connectivity index (χ4v) is 2.21. The number of ether oxygens (including phenoxy) is 1. The molecular formula is C11H13NO6S. The van der Waals surface area contributed by atoms with Gasteiger partial charge in [0, 0.05) is 12.3 Å². The molecule has 0 aliphatic carbocycles. The van der Waals surface area contributed by atoms with Crippen LogP contribution >= 0.6 is 0 Å². The van der Waals surface area contributed by atoms with Crippen molar-refractivity contribution in [1.29, 1.82) is 0 Å². The first-order valence-electron chi connectivity index (χ1n) is 5.32. The fraction of sp³-hybridized carbons (Fsp3) is 0.364. The Morgan fingerprint density at radius 2 is 1.95 bits per heavy atom. The van der Waals surface area contributed by atoms with Crippen molar-refractivity contribution in [2.24, 2.45) is 0 Å². The second-order valence-electron chi connectivity index (χ2n) is 4.17. The van der Waals surface area contributed by atoms with E-state index < -0.39 is 31.3 Å². The molecule has 0 heterocycles. The third kappa shape index (κ3) is 3.75. The lowest BCUT2D eigenvalue weighted by Gasteiger charge is -2.08. The van der Waals surface area contributed by atoms with E-state index in [2.05, 4.69) is 0 Å². The van der Waals surface area contributed by atoms with E-state index >= 15 is 0 Å². The van der Waals surface area contributed by atoms with Gasteiger partial charge >= 0.3 is 5.97 Å². The quantitative estimate of drug-likeness (QED) is 0.473. The molecule has 1 aromatic carbocycles. The Hall–Kier alpha value is -1.96. The number of esters is 1. The van der Waals surface area contributed by atoms with Crippen LogP contribution in [0.3, 0.4) is 0 Å². The third-order valence-electron chi connectivity index (χ3n) is 2.13. The highest BCUT2D eigenvalue weighted by atomic mass is 32.2. The van der Waals surface area contributed by atoms with E-state index in [1.807, 2.05) is 0 Å². The number of nitrogens with zero attached hydrogens (tertiary/aromatic N) is 1. The molecule has 0 aliphatic heterocycles. The molecule has 0 fully saturated rings. The number of hydrogen-bond acceptors (Lipinski definition) is 6. The molecule has 19 heavy (non-hydrogen) atoms. The van der Waals surface area contributed by atoms with Crippen molar-refractivity contribution >= 4 is 21.5 Å². The Balaban J connectivity index is 3.32. The second-order valence-corrected chi connectivity index (χ2v) is 6.15. The predicted octanol–water partition coefficient (Wildman–Crippen LogP) is 1.56. The number of sulfone groups is 1. The lowest BCUT2D eigenvalue weighted by atomic mass is 10.2. The maximum Gasteiger partial charge on any atom is 0.338 e. The summed E-state index contributed by atoms with van der Waals surface area (Å²) in [6.45, 7) is 3.27. The summed E-state index contributed by atoms with van der Waals surface area (Å²) >= 11 is 0.